The van der Waals surface area contributed by atoms with E-state index in [0.29, 0.717) is 22.6 Å². The lowest BCUT2D eigenvalue weighted by Crippen LogP contribution is -2.39. The van der Waals surface area contributed by atoms with E-state index in [-0.39, 0.29) is 11.6 Å². The largest absolute Gasteiger partial charge is 0.494 e. The van der Waals surface area contributed by atoms with Gasteiger partial charge in [0.05, 0.1) is 28.4 Å². The number of amides is 1. The Hall–Kier alpha value is -4.11. The zero-order chi connectivity index (χ0) is 24.3. The third kappa shape index (κ3) is 4.65. The van der Waals surface area contributed by atoms with E-state index in [4.69, 9.17) is 10.7 Å². The number of hydrogen-bond donors (Lipinski definition) is 3. The van der Waals surface area contributed by atoms with Gasteiger partial charge in [-0.15, -0.1) is 0 Å². The van der Waals surface area contributed by atoms with E-state index in [9.17, 15) is 18.3 Å². The van der Waals surface area contributed by atoms with Gasteiger partial charge in [0.2, 0.25) is 15.9 Å². The van der Waals surface area contributed by atoms with Gasteiger partial charge in [0.15, 0.2) is 5.88 Å². The van der Waals surface area contributed by atoms with Gasteiger partial charge in [-0.3, -0.25) is 9.10 Å². The van der Waals surface area contributed by atoms with Crippen LogP contribution in [0.3, 0.4) is 0 Å². The predicted molar refractivity (Wildman–Crippen MR) is 134 cm³/mol. The Morgan fingerprint density at radius 3 is 2.29 bits per heavy atom. The summed E-state index contributed by atoms with van der Waals surface area (Å²) in [5.41, 5.74) is 8.82. The molecule has 9 heteroatoms. The van der Waals surface area contributed by atoms with Gasteiger partial charge < -0.3 is 15.8 Å². The number of aromatic nitrogens is 1. The molecular formula is C25H24N4O4S. The highest BCUT2D eigenvalue weighted by molar-refractivity contribution is 7.92. The monoisotopic (exact) mass is 476 g/mol. The van der Waals surface area contributed by atoms with E-state index in [1.807, 2.05) is 54.6 Å². The Morgan fingerprint density at radius 2 is 1.65 bits per heavy atom. The number of nitrogens with zero attached hydrogens (tertiary/aromatic N) is 2. The Labute approximate surface area is 197 Å². The van der Waals surface area contributed by atoms with Crippen molar-refractivity contribution in [3.05, 3.63) is 90.0 Å². The van der Waals surface area contributed by atoms with Crippen LogP contribution in [0.4, 0.5) is 11.4 Å². The first kappa shape index (κ1) is 23.1. The number of nitrogens with two attached hydrogens (primary N) is 1. The summed E-state index contributed by atoms with van der Waals surface area (Å²) >= 11 is 0. The number of H-pyrrole nitrogens is 1. The molecule has 0 saturated carbocycles. The van der Waals surface area contributed by atoms with Gasteiger partial charge >= 0.3 is 0 Å². The summed E-state index contributed by atoms with van der Waals surface area (Å²) in [6, 6.07) is 23.5. The van der Waals surface area contributed by atoms with Gasteiger partial charge in [-0.25, -0.2) is 13.4 Å². The van der Waals surface area contributed by atoms with Crippen molar-refractivity contribution in [3.63, 3.8) is 0 Å². The second-order valence-electron chi connectivity index (χ2n) is 7.61. The van der Waals surface area contributed by atoms with Gasteiger partial charge in [0.1, 0.15) is 6.54 Å². The number of aromatic hydroxyl groups is 1. The molecule has 0 fully saturated rings. The number of hydrogen-bond acceptors (Lipinski definition) is 5. The fourth-order valence-electron chi connectivity index (χ4n) is 3.70. The second kappa shape index (κ2) is 9.40. The summed E-state index contributed by atoms with van der Waals surface area (Å²) in [7, 11) is -3.69. The van der Waals surface area contributed by atoms with Crippen LogP contribution in [0.1, 0.15) is 18.1 Å². The summed E-state index contributed by atoms with van der Waals surface area (Å²) in [6.07, 6.45) is 0. The average Bonchev–Trinajstić information content (AvgIpc) is 3.17. The lowest BCUT2D eigenvalue weighted by atomic mass is 10.0. The van der Waals surface area contributed by atoms with Crippen molar-refractivity contribution in [2.45, 2.75) is 6.92 Å². The average molecular weight is 477 g/mol. The standard InChI is InChI=1S/C25H24N4O4S/c1-2-34(32,33)29(16-22(26)30)19-14-12-18(13-15-19)27-24(17-8-4-3-5-9-17)23-20-10-6-7-11-21(20)28-25(23)31/h3-15,28,31H,2,16H2,1H3,(H2,26,30). The molecule has 3 aromatic carbocycles. The molecule has 0 aliphatic heterocycles. The van der Waals surface area contributed by atoms with Crippen LogP contribution in [-0.4, -0.2) is 42.4 Å². The molecule has 4 aromatic rings. The number of aromatic amines is 1. The maximum Gasteiger partial charge on any atom is 0.238 e. The molecule has 1 amide bonds. The highest BCUT2D eigenvalue weighted by Crippen LogP contribution is 2.32. The van der Waals surface area contributed by atoms with Crippen LogP contribution in [0.15, 0.2) is 83.9 Å². The van der Waals surface area contributed by atoms with Crippen molar-refractivity contribution < 1.29 is 18.3 Å². The van der Waals surface area contributed by atoms with Crippen LogP contribution in [0, 0.1) is 0 Å². The molecule has 1 aromatic heterocycles. The van der Waals surface area contributed by atoms with Crippen molar-refractivity contribution in [1.82, 2.24) is 4.98 Å². The number of sulfonamides is 1. The van der Waals surface area contributed by atoms with Crippen LogP contribution in [0.2, 0.25) is 0 Å². The van der Waals surface area contributed by atoms with Crippen LogP contribution in [-0.2, 0) is 14.8 Å². The molecule has 174 valence electrons. The number of anilines is 1. The SMILES string of the molecule is CCS(=O)(=O)N(CC(N)=O)c1ccc(N=C(c2ccccc2)c2c(O)[nH]c3ccccc23)cc1. The third-order valence-corrected chi connectivity index (χ3v) is 7.09. The van der Waals surface area contributed by atoms with E-state index >= 15 is 0 Å². The minimum absolute atomic E-state index is 0.00194. The smallest absolute Gasteiger partial charge is 0.238 e. The Balaban J connectivity index is 1.82. The molecule has 0 atom stereocenters. The molecule has 8 nitrogen and oxygen atoms in total. The Kier molecular flexibility index (Phi) is 6.38. The minimum atomic E-state index is -3.69. The number of carbonyl (C=O) groups excluding carboxylic acids is 1. The molecule has 0 aliphatic rings. The minimum Gasteiger partial charge on any atom is -0.494 e. The van der Waals surface area contributed by atoms with Gasteiger partial charge in [-0.2, -0.15) is 0 Å². The Bertz CT molecular complexity index is 1460. The van der Waals surface area contributed by atoms with E-state index in [0.717, 1.165) is 20.8 Å². The van der Waals surface area contributed by atoms with Crippen LogP contribution < -0.4 is 10.0 Å². The quantitative estimate of drug-likeness (QED) is 0.335. The van der Waals surface area contributed by atoms with E-state index in [1.165, 1.54) is 6.92 Å². The normalized spacial score (nSPS) is 12.1. The van der Waals surface area contributed by atoms with Crippen LogP contribution in [0.25, 0.3) is 10.9 Å². The summed E-state index contributed by atoms with van der Waals surface area (Å²) in [4.78, 5) is 19.2. The number of para-hydroxylation sites is 1. The molecule has 4 rings (SSSR count). The third-order valence-electron chi connectivity index (χ3n) is 5.35. The summed E-state index contributed by atoms with van der Waals surface area (Å²) in [5.74, 6) is -0.916. The van der Waals surface area contributed by atoms with Crippen molar-refractivity contribution in [3.8, 4) is 5.88 Å². The summed E-state index contributed by atoms with van der Waals surface area (Å²) in [6.45, 7) is 1.05. The molecule has 0 spiro atoms. The summed E-state index contributed by atoms with van der Waals surface area (Å²) in [5, 5.41) is 11.5. The van der Waals surface area contributed by atoms with E-state index in [1.54, 1.807) is 24.3 Å². The number of fused-ring (bicyclic) bond motifs is 1. The number of carbonyl (C=O) groups is 1. The number of nitrogens with one attached hydrogen (secondary N) is 1. The van der Waals surface area contributed by atoms with Gasteiger partial charge in [-0.1, -0.05) is 48.5 Å². The topological polar surface area (TPSA) is 129 Å². The highest BCUT2D eigenvalue weighted by atomic mass is 32.2. The van der Waals surface area contributed by atoms with Crippen molar-refractivity contribution >= 4 is 43.9 Å². The number of benzene rings is 3. The predicted octanol–water partition coefficient (Wildman–Crippen LogP) is 3.68. The molecule has 0 aliphatic carbocycles. The van der Waals surface area contributed by atoms with Gasteiger partial charge in [0.25, 0.3) is 0 Å². The maximum atomic E-state index is 12.5. The highest BCUT2D eigenvalue weighted by Gasteiger charge is 2.23. The van der Waals surface area contributed by atoms with Crippen molar-refractivity contribution in [1.29, 1.82) is 0 Å². The lowest BCUT2D eigenvalue weighted by molar-refractivity contribution is -0.116. The Morgan fingerprint density at radius 1 is 1.00 bits per heavy atom. The molecular weight excluding hydrogens is 452 g/mol. The number of rotatable bonds is 8. The van der Waals surface area contributed by atoms with E-state index < -0.39 is 22.5 Å². The van der Waals surface area contributed by atoms with Gasteiger partial charge in [0, 0.05) is 16.5 Å². The first-order chi connectivity index (χ1) is 16.3. The maximum absolute atomic E-state index is 12.5. The number of aliphatic imine (C=N–C) groups is 1. The summed E-state index contributed by atoms with van der Waals surface area (Å²) < 4.78 is 25.9. The fraction of sp³-hybridized carbons (Fsp3) is 0.120. The molecule has 0 saturated heterocycles. The zero-order valence-electron chi connectivity index (χ0n) is 18.5. The second-order valence-corrected chi connectivity index (χ2v) is 9.79. The molecule has 4 N–H and O–H groups in total. The van der Waals surface area contributed by atoms with Crippen molar-refractivity contribution in [2.75, 3.05) is 16.6 Å². The molecule has 1 heterocycles. The molecule has 0 radical (unpaired) electrons. The van der Waals surface area contributed by atoms with Crippen molar-refractivity contribution in [2.24, 2.45) is 10.7 Å². The molecule has 34 heavy (non-hydrogen) atoms. The molecule has 0 bridgehead atoms. The molecule has 0 unspecified atom stereocenters. The van der Waals surface area contributed by atoms with E-state index in [2.05, 4.69) is 4.98 Å². The number of primary amides is 1. The zero-order valence-corrected chi connectivity index (χ0v) is 19.3. The first-order valence-electron chi connectivity index (χ1n) is 10.6. The van der Waals surface area contributed by atoms with Crippen LogP contribution >= 0.6 is 0 Å². The van der Waals surface area contributed by atoms with Gasteiger partial charge in [-0.05, 0) is 37.3 Å². The fourth-order valence-corrected chi connectivity index (χ4v) is 4.78. The first-order valence-corrected chi connectivity index (χ1v) is 12.2. The lowest BCUT2D eigenvalue weighted by Gasteiger charge is -2.22. The van der Waals surface area contributed by atoms with Crippen LogP contribution in [0.5, 0.6) is 5.88 Å².